The van der Waals surface area contributed by atoms with Gasteiger partial charge in [-0.05, 0) is 48.0 Å². The van der Waals surface area contributed by atoms with Crippen LogP contribution in [-0.2, 0) is 10.2 Å². The number of rotatable bonds is 6. The number of aromatic nitrogens is 1. The average Bonchev–Trinajstić information content (AvgIpc) is 3.17. The maximum Gasteiger partial charge on any atom is 0.301 e. The van der Waals surface area contributed by atoms with Crippen LogP contribution >= 0.6 is 0 Å². The molecule has 0 unspecified atom stereocenters. The normalized spacial score (nSPS) is 11.7. The highest BCUT2D eigenvalue weighted by Crippen LogP contribution is 2.27. The van der Waals surface area contributed by atoms with Gasteiger partial charge in [0.05, 0.1) is 5.69 Å². The molecular formula is C23H20F2N4O3S. The number of aromatic amines is 1. The van der Waals surface area contributed by atoms with Gasteiger partial charge >= 0.3 is 10.2 Å². The van der Waals surface area contributed by atoms with Gasteiger partial charge in [0.1, 0.15) is 17.3 Å². The number of fused-ring (bicyclic) bond motifs is 1. The Bertz CT molecular complexity index is 1470. The molecule has 10 heteroatoms. The number of benzene rings is 3. The Morgan fingerprint density at radius 3 is 2.45 bits per heavy atom. The van der Waals surface area contributed by atoms with Crippen LogP contribution in [0.15, 0.2) is 66.7 Å². The van der Waals surface area contributed by atoms with E-state index in [1.165, 1.54) is 26.2 Å². The first kappa shape index (κ1) is 22.4. The third kappa shape index (κ3) is 4.86. The van der Waals surface area contributed by atoms with Crippen LogP contribution in [0.25, 0.3) is 22.0 Å². The van der Waals surface area contributed by atoms with Crippen LogP contribution in [0, 0.1) is 11.6 Å². The fourth-order valence-corrected chi connectivity index (χ4v) is 3.85. The van der Waals surface area contributed by atoms with Gasteiger partial charge in [-0.1, -0.05) is 18.2 Å². The lowest BCUT2D eigenvalue weighted by Crippen LogP contribution is -2.28. The summed E-state index contributed by atoms with van der Waals surface area (Å²) in [7, 11) is -0.832. The number of anilines is 2. The second kappa shape index (κ2) is 8.64. The summed E-state index contributed by atoms with van der Waals surface area (Å²) in [5.41, 5.74) is 2.31. The van der Waals surface area contributed by atoms with E-state index in [2.05, 4.69) is 15.0 Å². The summed E-state index contributed by atoms with van der Waals surface area (Å²) in [6.07, 6.45) is 0. The summed E-state index contributed by atoms with van der Waals surface area (Å²) in [5.74, 6) is -1.80. The molecule has 0 radical (unpaired) electrons. The zero-order valence-electron chi connectivity index (χ0n) is 17.7. The molecule has 0 spiro atoms. The summed E-state index contributed by atoms with van der Waals surface area (Å²) in [6.45, 7) is 0. The highest BCUT2D eigenvalue weighted by molar-refractivity contribution is 7.90. The molecule has 0 aliphatic carbocycles. The van der Waals surface area contributed by atoms with Crippen molar-refractivity contribution in [3.05, 3.63) is 84.1 Å². The van der Waals surface area contributed by atoms with Crippen LogP contribution in [-0.4, -0.2) is 37.7 Å². The van der Waals surface area contributed by atoms with E-state index in [0.717, 1.165) is 15.8 Å². The molecule has 1 heterocycles. The van der Waals surface area contributed by atoms with E-state index in [9.17, 15) is 22.0 Å². The Hall–Kier alpha value is -3.76. The maximum absolute atomic E-state index is 14.1. The van der Waals surface area contributed by atoms with Crippen molar-refractivity contribution in [3.8, 4) is 11.1 Å². The minimum atomic E-state index is -3.66. The minimum absolute atomic E-state index is 0.214. The number of H-pyrrole nitrogens is 1. The second-order valence-electron chi connectivity index (χ2n) is 7.53. The topological polar surface area (TPSA) is 94.3 Å². The van der Waals surface area contributed by atoms with Gasteiger partial charge in [0.25, 0.3) is 5.91 Å². The highest BCUT2D eigenvalue weighted by Gasteiger charge is 2.15. The largest absolute Gasteiger partial charge is 0.350 e. The lowest BCUT2D eigenvalue weighted by atomic mass is 10.0. The van der Waals surface area contributed by atoms with Crippen molar-refractivity contribution in [2.75, 3.05) is 24.1 Å². The molecule has 0 saturated carbocycles. The number of amides is 1. The summed E-state index contributed by atoms with van der Waals surface area (Å²) >= 11 is 0. The van der Waals surface area contributed by atoms with Gasteiger partial charge < -0.3 is 10.3 Å². The molecule has 0 aliphatic rings. The number of halogens is 2. The van der Waals surface area contributed by atoms with Crippen molar-refractivity contribution in [1.29, 1.82) is 0 Å². The monoisotopic (exact) mass is 470 g/mol. The number of nitrogens with one attached hydrogen (secondary N) is 3. The van der Waals surface area contributed by atoms with E-state index in [0.29, 0.717) is 22.5 Å². The van der Waals surface area contributed by atoms with Crippen molar-refractivity contribution >= 4 is 38.4 Å². The van der Waals surface area contributed by atoms with Gasteiger partial charge in [0.15, 0.2) is 0 Å². The molecule has 3 aromatic carbocycles. The standard InChI is InChI=1S/C23H20F2N4O3S/c1-29(2)33(31,32)28-18-8-6-15-11-22(27-21(15)13-18)23(30)26-17-5-3-4-14(10-17)19-9-7-16(24)12-20(19)25/h3-13,27-28H,1-2H3,(H,26,30). The third-order valence-electron chi connectivity index (χ3n) is 4.96. The van der Waals surface area contributed by atoms with E-state index >= 15 is 0 Å². The zero-order chi connectivity index (χ0) is 23.8. The average molecular weight is 471 g/mol. The lowest BCUT2D eigenvalue weighted by Gasteiger charge is -2.13. The van der Waals surface area contributed by atoms with E-state index in [-0.39, 0.29) is 11.3 Å². The first-order valence-electron chi connectivity index (χ1n) is 9.82. The molecular weight excluding hydrogens is 450 g/mol. The Labute approximate surface area is 189 Å². The number of carbonyl (C=O) groups is 1. The van der Waals surface area contributed by atoms with Crippen molar-refractivity contribution < 1.29 is 22.0 Å². The minimum Gasteiger partial charge on any atom is -0.350 e. The Morgan fingerprint density at radius 1 is 0.939 bits per heavy atom. The molecule has 0 aliphatic heterocycles. The number of hydrogen-bond donors (Lipinski definition) is 3. The molecule has 1 amide bonds. The molecule has 33 heavy (non-hydrogen) atoms. The predicted molar refractivity (Wildman–Crippen MR) is 124 cm³/mol. The molecule has 7 nitrogen and oxygen atoms in total. The molecule has 0 fully saturated rings. The van der Waals surface area contributed by atoms with Gasteiger partial charge in [0.2, 0.25) is 0 Å². The van der Waals surface area contributed by atoms with Gasteiger partial charge in [-0.25, -0.2) is 8.78 Å². The second-order valence-corrected chi connectivity index (χ2v) is 9.42. The van der Waals surface area contributed by atoms with Crippen molar-refractivity contribution in [2.24, 2.45) is 0 Å². The SMILES string of the molecule is CN(C)S(=O)(=O)Nc1ccc2cc(C(=O)Nc3cccc(-c4ccc(F)cc4F)c3)[nH]c2c1. The van der Waals surface area contributed by atoms with E-state index in [1.54, 1.807) is 48.5 Å². The molecule has 0 saturated heterocycles. The van der Waals surface area contributed by atoms with E-state index in [4.69, 9.17) is 0 Å². The molecule has 0 atom stereocenters. The van der Waals surface area contributed by atoms with Crippen LogP contribution < -0.4 is 10.0 Å². The van der Waals surface area contributed by atoms with Crippen LogP contribution in [0.1, 0.15) is 10.5 Å². The first-order chi connectivity index (χ1) is 15.6. The first-order valence-corrected chi connectivity index (χ1v) is 11.3. The van der Waals surface area contributed by atoms with E-state index in [1.807, 2.05) is 0 Å². The van der Waals surface area contributed by atoms with Crippen LogP contribution in [0.4, 0.5) is 20.2 Å². The Balaban J connectivity index is 1.56. The molecule has 1 aromatic heterocycles. The van der Waals surface area contributed by atoms with Crippen molar-refractivity contribution in [1.82, 2.24) is 9.29 Å². The smallest absolute Gasteiger partial charge is 0.301 e. The summed E-state index contributed by atoms with van der Waals surface area (Å²) < 4.78 is 54.8. The molecule has 4 aromatic rings. The zero-order valence-corrected chi connectivity index (χ0v) is 18.5. The molecule has 0 bridgehead atoms. The fourth-order valence-electron chi connectivity index (χ4n) is 3.24. The molecule has 170 valence electrons. The Kier molecular flexibility index (Phi) is 5.88. The maximum atomic E-state index is 14.1. The summed E-state index contributed by atoms with van der Waals surface area (Å²) in [5, 5.41) is 3.46. The van der Waals surface area contributed by atoms with Crippen molar-refractivity contribution in [3.63, 3.8) is 0 Å². The number of hydrogen-bond acceptors (Lipinski definition) is 3. The summed E-state index contributed by atoms with van der Waals surface area (Å²) in [6, 6.07) is 16.4. The van der Waals surface area contributed by atoms with E-state index < -0.39 is 27.8 Å². The quantitative estimate of drug-likeness (QED) is 0.385. The van der Waals surface area contributed by atoms with Gasteiger partial charge in [-0.2, -0.15) is 12.7 Å². The van der Waals surface area contributed by atoms with Crippen LogP contribution in [0.5, 0.6) is 0 Å². The summed E-state index contributed by atoms with van der Waals surface area (Å²) in [4.78, 5) is 15.7. The van der Waals surface area contributed by atoms with Gasteiger partial charge in [0, 0.05) is 42.3 Å². The van der Waals surface area contributed by atoms with Crippen molar-refractivity contribution in [2.45, 2.75) is 0 Å². The Morgan fingerprint density at radius 2 is 1.73 bits per heavy atom. The third-order valence-corrected chi connectivity index (χ3v) is 6.41. The number of nitrogens with zero attached hydrogens (tertiary/aromatic N) is 1. The molecule has 3 N–H and O–H groups in total. The lowest BCUT2D eigenvalue weighted by molar-refractivity contribution is 0.102. The van der Waals surface area contributed by atoms with Crippen LogP contribution in [0.2, 0.25) is 0 Å². The highest BCUT2D eigenvalue weighted by atomic mass is 32.2. The molecule has 4 rings (SSSR count). The fraction of sp³-hybridized carbons (Fsp3) is 0.0870. The van der Waals surface area contributed by atoms with Crippen LogP contribution in [0.3, 0.4) is 0 Å². The van der Waals surface area contributed by atoms with Gasteiger partial charge in [-0.15, -0.1) is 0 Å². The number of carbonyl (C=O) groups excluding carboxylic acids is 1. The predicted octanol–water partition coefficient (Wildman–Crippen LogP) is 4.58. The van der Waals surface area contributed by atoms with Gasteiger partial charge in [-0.3, -0.25) is 9.52 Å².